The summed E-state index contributed by atoms with van der Waals surface area (Å²) in [5.74, 6) is -0.691. The quantitative estimate of drug-likeness (QED) is 0.768. The summed E-state index contributed by atoms with van der Waals surface area (Å²) in [5, 5.41) is 0.711. The summed E-state index contributed by atoms with van der Waals surface area (Å²) in [7, 11) is 0. The highest BCUT2D eigenvalue weighted by Gasteiger charge is 2.30. The first kappa shape index (κ1) is 19.2. The van der Waals surface area contributed by atoms with Crippen LogP contribution in [0, 0.1) is 5.82 Å². The number of ether oxygens (including phenoxy) is 2. The average Bonchev–Trinajstić information content (AvgIpc) is 2.86. The second-order valence-corrected chi connectivity index (χ2v) is 7.63. The smallest absolute Gasteiger partial charge is 0.410 e. The Balaban J connectivity index is 1.98. The van der Waals surface area contributed by atoms with Crippen LogP contribution in [-0.4, -0.2) is 40.3 Å². The molecule has 1 amide bonds. The molecular weight excluding hydrogens is 351 g/mol. The van der Waals surface area contributed by atoms with Crippen LogP contribution in [0.1, 0.15) is 39.0 Å². The number of amides is 1. The van der Waals surface area contributed by atoms with Crippen LogP contribution in [0.15, 0.2) is 18.2 Å². The van der Waals surface area contributed by atoms with Gasteiger partial charge in [-0.2, -0.15) is 0 Å². The third-order valence-electron chi connectivity index (χ3n) is 4.46. The van der Waals surface area contributed by atoms with Gasteiger partial charge in [-0.25, -0.2) is 9.18 Å². The van der Waals surface area contributed by atoms with Crippen molar-refractivity contribution in [3.63, 3.8) is 0 Å². The summed E-state index contributed by atoms with van der Waals surface area (Å²) in [6, 6.07) is 4.50. The Morgan fingerprint density at radius 1 is 1.26 bits per heavy atom. The number of carbonyl (C=O) groups excluding carboxylic acids is 2. The highest BCUT2D eigenvalue weighted by molar-refractivity contribution is 5.88. The van der Waals surface area contributed by atoms with Gasteiger partial charge in [-0.15, -0.1) is 0 Å². The molecule has 0 aliphatic carbocycles. The number of hydrogen-bond donors (Lipinski definition) is 0. The fourth-order valence-corrected chi connectivity index (χ4v) is 3.42. The first-order valence-corrected chi connectivity index (χ1v) is 9.12. The Morgan fingerprint density at radius 2 is 2.00 bits per heavy atom. The van der Waals surface area contributed by atoms with Crippen LogP contribution in [0.3, 0.4) is 0 Å². The number of fused-ring (bicyclic) bond motifs is 3. The molecule has 0 radical (unpaired) electrons. The van der Waals surface area contributed by atoms with E-state index in [1.165, 1.54) is 12.1 Å². The number of rotatable bonds is 3. The van der Waals surface area contributed by atoms with Crippen LogP contribution in [0.25, 0.3) is 10.9 Å². The summed E-state index contributed by atoms with van der Waals surface area (Å²) >= 11 is 0. The Bertz CT molecular complexity index is 882. The van der Waals surface area contributed by atoms with Crippen LogP contribution < -0.4 is 0 Å². The van der Waals surface area contributed by atoms with Crippen molar-refractivity contribution in [2.24, 2.45) is 0 Å². The van der Waals surface area contributed by atoms with E-state index in [-0.39, 0.29) is 18.3 Å². The van der Waals surface area contributed by atoms with E-state index in [2.05, 4.69) is 0 Å². The van der Waals surface area contributed by atoms with Crippen LogP contribution in [-0.2, 0) is 33.8 Å². The minimum Gasteiger partial charge on any atom is -0.465 e. The van der Waals surface area contributed by atoms with Gasteiger partial charge in [0.05, 0.1) is 13.2 Å². The van der Waals surface area contributed by atoms with Crippen molar-refractivity contribution in [1.82, 2.24) is 9.47 Å². The third-order valence-corrected chi connectivity index (χ3v) is 4.46. The van der Waals surface area contributed by atoms with Gasteiger partial charge in [-0.05, 0) is 45.9 Å². The van der Waals surface area contributed by atoms with Crippen LogP contribution in [0.4, 0.5) is 9.18 Å². The number of hydrogen-bond acceptors (Lipinski definition) is 4. The normalized spacial score (nSPS) is 14.2. The van der Waals surface area contributed by atoms with Crippen molar-refractivity contribution >= 4 is 23.0 Å². The van der Waals surface area contributed by atoms with E-state index in [0.717, 1.165) is 16.8 Å². The largest absolute Gasteiger partial charge is 0.465 e. The fraction of sp³-hybridized carbons (Fsp3) is 0.500. The molecular formula is C20H25FN2O4. The maximum Gasteiger partial charge on any atom is 0.410 e. The molecule has 6 nitrogen and oxygen atoms in total. The molecule has 0 bridgehead atoms. The summed E-state index contributed by atoms with van der Waals surface area (Å²) in [6.07, 6.45) is 0.167. The van der Waals surface area contributed by atoms with Crippen molar-refractivity contribution < 1.29 is 23.5 Å². The van der Waals surface area contributed by atoms with Crippen molar-refractivity contribution in [3.05, 3.63) is 35.3 Å². The molecule has 0 spiro atoms. The van der Waals surface area contributed by atoms with E-state index >= 15 is 0 Å². The number of halogens is 1. The molecule has 0 N–H and O–H groups in total. The van der Waals surface area contributed by atoms with Gasteiger partial charge >= 0.3 is 12.1 Å². The average molecular weight is 376 g/mol. The molecule has 2 heterocycles. The maximum absolute atomic E-state index is 13.9. The van der Waals surface area contributed by atoms with Gasteiger partial charge in [0.15, 0.2) is 0 Å². The van der Waals surface area contributed by atoms with Gasteiger partial charge in [0.25, 0.3) is 0 Å². The van der Waals surface area contributed by atoms with Gasteiger partial charge in [0.1, 0.15) is 18.0 Å². The molecule has 2 aromatic rings. The molecule has 0 atom stereocenters. The van der Waals surface area contributed by atoms with E-state index in [9.17, 15) is 14.0 Å². The lowest BCUT2D eigenvalue weighted by atomic mass is 10.0. The lowest BCUT2D eigenvalue weighted by molar-refractivity contribution is -0.143. The van der Waals surface area contributed by atoms with Gasteiger partial charge in [-0.3, -0.25) is 4.79 Å². The second kappa shape index (κ2) is 7.21. The second-order valence-electron chi connectivity index (χ2n) is 7.63. The summed E-state index contributed by atoms with van der Waals surface area (Å²) in [5.41, 5.74) is 1.97. The number of esters is 1. The molecule has 1 aromatic heterocycles. The number of benzene rings is 1. The predicted octanol–water partition coefficient (Wildman–Crippen LogP) is 3.64. The van der Waals surface area contributed by atoms with Gasteiger partial charge in [0.2, 0.25) is 0 Å². The highest BCUT2D eigenvalue weighted by atomic mass is 19.1. The molecule has 1 aromatic carbocycles. The molecule has 146 valence electrons. The molecule has 3 rings (SSSR count). The molecule has 1 aliphatic heterocycles. The number of nitrogens with zero attached hydrogens (tertiary/aromatic N) is 2. The van der Waals surface area contributed by atoms with Crippen molar-refractivity contribution in [1.29, 1.82) is 0 Å². The molecule has 7 heteroatoms. The molecule has 0 unspecified atom stereocenters. The highest BCUT2D eigenvalue weighted by Crippen LogP contribution is 2.32. The molecule has 0 saturated heterocycles. The molecule has 0 saturated carbocycles. The Morgan fingerprint density at radius 3 is 2.67 bits per heavy atom. The van der Waals surface area contributed by atoms with E-state index in [4.69, 9.17) is 9.47 Å². The van der Waals surface area contributed by atoms with E-state index in [1.807, 2.05) is 25.3 Å². The standard InChI is InChI=1S/C20H25FN2O4/c1-5-26-18(24)12-23-16-7-6-13(21)10-14(16)15-11-22(9-8-17(15)23)19(25)27-20(2,3)4/h6-7,10H,5,8-9,11-12H2,1-4H3. The lowest BCUT2D eigenvalue weighted by Gasteiger charge is -2.30. The van der Waals surface area contributed by atoms with Crippen molar-refractivity contribution in [2.45, 2.75) is 52.8 Å². The molecule has 27 heavy (non-hydrogen) atoms. The minimum absolute atomic E-state index is 0.0672. The predicted molar refractivity (Wildman–Crippen MR) is 98.9 cm³/mol. The van der Waals surface area contributed by atoms with E-state index < -0.39 is 11.7 Å². The van der Waals surface area contributed by atoms with Crippen molar-refractivity contribution in [2.75, 3.05) is 13.2 Å². The van der Waals surface area contributed by atoms with Crippen LogP contribution in [0.2, 0.25) is 0 Å². The Hall–Kier alpha value is -2.57. The fourth-order valence-electron chi connectivity index (χ4n) is 3.42. The lowest BCUT2D eigenvalue weighted by Crippen LogP contribution is -2.40. The SMILES string of the molecule is CCOC(=O)Cn1c2c(c3cc(F)ccc31)CN(C(=O)OC(C)(C)C)CC2. The van der Waals surface area contributed by atoms with Gasteiger partial charge in [-0.1, -0.05) is 0 Å². The monoisotopic (exact) mass is 376 g/mol. The zero-order valence-corrected chi connectivity index (χ0v) is 16.2. The van der Waals surface area contributed by atoms with E-state index in [1.54, 1.807) is 17.9 Å². The third kappa shape index (κ3) is 4.07. The Kier molecular flexibility index (Phi) is 5.13. The molecule has 1 aliphatic rings. The first-order chi connectivity index (χ1) is 12.7. The minimum atomic E-state index is -0.582. The number of aromatic nitrogens is 1. The summed E-state index contributed by atoms with van der Waals surface area (Å²) < 4.78 is 26.3. The first-order valence-electron chi connectivity index (χ1n) is 9.12. The maximum atomic E-state index is 13.9. The van der Waals surface area contributed by atoms with Crippen molar-refractivity contribution in [3.8, 4) is 0 Å². The van der Waals surface area contributed by atoms with Crippen LogP contribution in [0.5, 0.6) is 0 Å². The Labute approximate surface area is 157 Å². The summed E-state index contributed by atoms with van der Waals surface area (Å²) in [4.78, 5) is 26.1. The van der Waals surface area contributed by atoms with E-state index in [0.29, 0.717) is 31.5 Å². The number of carbonyl (C=O) groups is 2. The molecule has 0 fully saturated rings. The zero-order chi connectivity index (χ0) is 19.8. The van der Waals surface area contributed by atoms with Gasteiger partial charge < -0.3 is 18.9 Å². The van der Waals surface area contributed by atoms with Gasteiger partial charge in [0, 0.05) is 35.1 Å². The zero-order valence-electron chi connectivity index (χ0n) is 16.2. The topological polar surface area (TPSA) is 60.8 Å². The summed E-state index contributed by atoms with van der Waals surface area (Å²) in [6.45, 7) is 8.39. The van der Waals surface area contributed by atoms with Crippen LogP contribution >= 0.6 is 0 Å².